The maximum Gasteiger partial charge on any atom is 0.340 e. The first-order valence-electron chi connectivity index (χ1n) is 8.92. The number of ether oxygens (including phenoxy) is 2. The molecule has 0 aliphatic carbocycles. The molecule has 0 saturated heterocycles. The highest BCUT2D eigenvalue weighted by Crippen LogP contribution is 2.25. The van der Waals surface area contributed by atoms with E-state index in [1.165, 1.54) is 17.9 Å². The van der Waals surface area contributed by atoms with E-state index in [9.17, 15) is 9.59 Å². The van der Waals surface area contributed by atoms with Crippen LogP contribution in [0.25, 0.3) is 10.9 Å². The van der Waals surface area contributed by atoms with Gasteiger partial charge in [-0.25, -0.2) is 4.79 Å². The first-order valence-corrected chi connectivity index (χ1v) is 8.92. The van der Waals surface area contributed by atoms with Gasteiger partial charge in [0.05, 0.1) is 18.2 Å². The average molecular weight is 365 g/mol. The summed E-state index contributed by atoms with van der Waals surface area (Å²) < 4.78 is 12.4. The number of fused-ring (bicyclic) bond motifs is 1. The number of carbonyl (C=O) groups excluding carboxylic acids is 2. The molecule has 0 unspecified atom stereocenters. The van der Waals surface area contributed by atoms with Gasteiger partial charge in [0, 0.05) is 11.6 Å². The van der Waals surface area contributed by atoms with Gasteiger partial charge < -0.3 is 9.47 Å². The number of para-hydroxylation sites is 1. The van der Waals surface area contributed by atoms with Crippen molar-refractivity contribution in [1.29, 1.82) is 0 Å². The van der Waals surface area contributed by atoms with Crippen LogP contribution in [-0.4, -0.2) is 29.7 Å². The number of hydrogen-bond donors (Lipinski definition) is 0. The van der Waals surface area contributed by atoms with Crippen molar-refractivity contribution in [3.05, 3.63) is 65.4 Å². The number of hydrogen-bond acceptors (Lipinski definition) is 4. The van der Waals surface area contributed by atoms with Crippen molar-refractivity contribution < 1.29 is 19.1 Å². The van der Waals surface area contributed by atoms with Crippen molar-refractivity contribution in [2.45, 2.75) is 33.3 Å². The van der Waals surface area contributed by atoms with Crippen LogP contribution in [0.4, 0.5) is 0 Å². The molecule has 140 valence electrons. The second kappa shape index (κ2) is 7.66. The van der Waals surface area contributed by atoms with Crippen LogP contribution < -0.4 is 4.74 Å². The molecule has 0 saturated carbocycles. The van der Waals surface area contributed by atoms with E-state index in [0.717, 1.165) is 11.1 Å². The molecule has 27 heavy (non-hydrogen) atoms. The zero-order valence-electron chi connectivity index (χ0n) is 16.0. The van der Waals surface area contributed by atoms with Gasteiger partial charge in [0.1, 0.15) is 5.75 Å². The van der Waals surface area contributed by atoms with Gasteiger partial charge in [0.2, 0.25) is 0 Å². The Kier molecular flexibility index (Phi) is 5.31. The molecule has 0 spiro atoms. The highest BCUT2D eigenvalue weighted by Gasteiger charge is 2.25. The van der Waals surface area contributed by atoms with E-state index in [0.29, 0.717) is 28.6 Å². The van der Waals surface area contributed by atoms with E-state index < -0.39 is 12.1 Å². The van der Waals surface area contributed by atoms with Gasteiger partial charge in [-0.15, -0.1) is 0 Å². The number of aryl methyl sites for hydroxylation is 2. The maximum atomic E-state index is 13.2. The lowest BCUT2D eigenvalue weighted by Crippen LogP contribution is -2.31. The minimum Gasteiger partial charge on any atom is -0.480 e. The molecule has 0 radical (unpaired) electrons. The van der Waals surface area contributed by atoms with Crippen molar-refractivity contribution in [3.63, 3.8) is 0 Å². The summed E-state index contributed by atoms with van der Waals surface area (Å²) in [5.74, 6) is -0.00428. The summed E-state index contributed by atoms with van der Waals surface area (Å²) in [6.45, 7) is 5.87. The molecule has 3 aromatic rings. The van der Waals surface area contributed by atoms with Crippen LogP contribution in [0.3, 0.4) is 0 Å². The monoisotopic (exact) mass is 365 g/mol. The molecule has 0 fully saturated rings. The predicted molar refractivity (Wildman–Crippen MR) is 105 cm³/mol. The van der Waals surface area contributed by atoms with Gasteiger partial charge in [-0.2, -0.15) is 0 Å². The van der Waals surface area contributed by atoms with Crippen molar-refractivity contribution in [1.82, 2.24) is 4.57 Å². The van der Waals surface area contributed by atoms with Crippen LogP contribution in [0.5, 0.6) is 5.75 Å². The Hall–Kier alpha value is -3.08. The van der Waals surface area contributed by atoms with Crippen LogP contribution in [0.15, 0.2) is 48.7 Å². The Bertz CT molecular complexity index is 1000. The van der Waals surface area contributed by atoms with Crippen LogP contribution in [0, 0.1) is 13.8 Å². The molecule has 0 aliphatic rings. The number of esters is 1. The summed E-state index contributed by atoms with van der Waals surface area (Å²) in [6.07, 6.45) is 1.38. The summed E-state index contributed by atoms with van der Waals surface area (Å²) in [5.41, 5.74) is 3.14. The minimum absolute atomic E-state index is 0.219. The smallest absolute Gasteiger partial charge is 0.340 e. The Morgan fingerprint density at radius 2 is 1.85 bits per heavy atom. The molecule has 3 rings (SSSR count). The quantitative estimate of drug-likeness (QED) is 0.623. The van der Waals surface area contributed by atoms with Gasteiger partial charge >= 0.3 is 5.97 Å². The fourth-order valence-corrected chi connectivity index (χ4v) is 3.18. The van der Waals surface area contributed by atoms with E-state index in [1.807, 2.05) is 57.2 Å². The van der Waals surface area contributed by atoms with Crippen molar-refractivity contribution in [2.24, 2.45) is 0 Å². The number of aromatic nitrogens is 1. The lowest BCUT2D eigenvalue weighted by atomic mass is 10.1. The topological polar surface area (TPSA) is 57.5 Å². The van der Waals surface area contributed by atoms with Gasteiger partial charge in [-0.3, -0.25) is 9.36 Å². The third kappa shape index (κ3) is 3.58. The molecule has 5 heteroatoms. The fraction of sp³-hybridized carbons (Fsp3) is 0.273. The number of nitrogens with zero attached hydrogens (tertiary/aromatic N) is 1. The van der Waals surface area contributed by atoms with E-state index >= 15 is 0 Å². The molecule has 0 bridgehead atoms. The van der Waals surface area contributed by atoms with E-state index in [1.54, 1.807) is 6.07 Å². The van der Waals surface area contributed by atoms with Crippen LogP contribution >= 0.6 is 0 Å². The highest BCUT2D eigenvalue weighted by molar-refractivity contribution is 6.07. The first-order chi connectivity index (χ1) is 13.0. The second-order valence-electron chi connectivity index (χ2n) is 6.54. The van der Waals surface area contributed by atoms with Crippen molar-refractivity contribution in [3.8, 4) is 5.75 Å². The lowest BCUT2D eigenvalue weighted by Gasteiger charge is -2.19. The molecular weight excluding hydrogens is 342 g/mol. The Labute approximate surface area is 158 Å². The van der Waals surface area contributed by atoms with Crippen LogP contribution in [-0.2, 0) is 4.74 Å². The number of rotatable bonds is 5. The first kappa shape index (κ1) is 18.7. The number of methoxy groups -OCH3 is 1. The second-order valence-corrected chi connectivity index (χ2v) is 6.54. The fourth-order valence-electron chi connectivity index (χ4n) is 3.18. The van der Waals surface area contributed by atoms with E-state index in [4.69, 9.17) is 9.47 Å². The standard InChI is InChI=1S/C22H23NO4/c1-5-19(27-20-11-10-14(2)12-15(20)3)21(24)23-13-17(22(25)26-4)16-8-6-7-9-18(16)23/h6-13,19H,5H2,1-4H3/t19-/m0/s1. The molecule has 5 nitrogen and oxygen atoms in total. The summed E-state index contributed by atoms with van der Waals surface area (Å²) >= 11 is 0. The maximum absolute atomic E-state index is 13.2. The molecule has 0 amide bonds. The lowest BCUT2D eigenvalue weighted by molar-refractivity contribution is 0.0602. The number of carbonyl (C=O) groups is 2. The Morgan fingerprint density at radius 1 is 1.11 bits per heavy atom. The van der Waals surface area contributed by atoms with Crippen LogP contribution in [0.1, 0.15) is 39.6 Å². The highest BCUT2D eigenvalue weighted by atomic mass is 16.5. The molecule has 1 atom stereocenters. The van der Waals surface area contributed by atoms with Crippen molar-refractivity contribution in [2.75, 3.05) is 7.11 Å². The zero-order valence-corrected chi connectivity index (χ0v) is 16.0. The third-order valence-electron chi connectivity index (χ3n) is 4.60. The molecule has 2 aromatic carbocycles. The van der Waals surface area contributed by atoms with E-state index in [-0.39, 0.29) is 5.91 Å². The molecular formula is C22H23NO4. The SMILES string of the molecule is CC[C@H](Oc1ccc(C)cc1C)C(=O)n1cc(C(=O)OC)c2ccccc21. The largest absolute Gasteiger partial charge is 0.480 e. The minimum atomic E-state index is -0.660. The average Bonchev–Trinajstić information content (AvgIpc) is 3.06. The molecule has 1 heterocycles. The van der Waals surface area contributed by atoms with E-state index in [2.05, 4.69) is 0 Å². The summed E-state index contributed by atoms with van der Waals surface area (Å²) in [7, 11) is 1.33. The molecule has 1 aromatic heterocycles. The van der Waals surface area contributed by atoms with Crippen molar-refractivity contribution >= 4 is 22.8 Å². The summed E-state index contributed by atoms with van der Waals surface area (Å²) in [6, 6.07) is 13.1. The Morgan fingerprint density at radius 3 is 2.52 bits per heavy atom. The van der Waals surface area contributed by atoms with Gasteiger partial charge in [-0.05, 0) is 38.0 Å². The van der Waals surface area contributed by atoms with Gasteiger partial charge in [-0.1, -0.05) is 42.8 Å². The third-order valence-corrected chi connectivity index (χ3v) is 4.60. The van der Waals surface area contributed by atoms with Crippen LogP contribution in [0.2, 0.25) is 0 Å². The summed E-state index contributed by atoms with van der Waals surface area (Å²) in [5, 5.41) is 0.680. The van der Waals surface area contributed by atoms with Gasteiger partial charge in [0.15, 0.2) is 6.10 Å². The zero-order chi connectivity index (χ0) is 19.6. The van der Waals surface area contributed by atoms with Gasteiger partial charge in [0.25, 0.3) is 5.91 Å². The predicted octanol–water partition coefficient (Wildman–Crippen LogP) is 4.54. The molecule has 0 N–H and O–H groups in total. The molecule has 0 aliphatic heterocycles. The normalized spacial score (nSPS) is 12.0. The number of benzene rings is 2. The Balaban J connectivity index is 1.99. The summed E-state index contributed by atoms with van der Waals surface area (Å²) in [4.78, 5) is 25.3.